The van der Waals surface area contributed by atoms with Crippen molar-refractivity contribution in [2.75, 3.05) is 13.1 Å². The third kappa shape index (κ3) is 3.30. The number of aliphatic hydroxyl groups is 1. The van der Waals surface area contributed by atoms with Crippen LogP contribution in [0.25, 0.3) is 0 Å². The average Bonchev–Trinajstić information content (AvgIpc) is 2.27. The number of benzene rings is 1. The number of nitrogens with one attached hydrogen (secondary N) is 1. The van der Waals surface area contributed by atoms with E-state index in [1.54, 1.807) is 0 Å². The SMILES string of the molecule is CCCNCC(O)c1c(C)c(C)cc(C)c1C. The summed E-state index contributed by atoms with van der Waals surface area (Å²) in [7, 11) is 0. The smallest absolute Gasteiger partial charge is 0.0919 e. The molecule has 17 heavy (non-hydrogen) atoms. The van der Waals surface area contributed by atoms with Crippen LogP contribution in [0.5, 0.6) is 0 Å². The number of rotatable bonds is 5. The topological polar surface area (TPSA) is 32.3 Å². The molecule has 2 nitrogen and oxygen atoms in total. The fraction of sp³-hybridized carbons (Fsp3) is 0.600. The summed E-state index contributed by atoms with van der Waals surface area (Å²) in [4.78, 5) is 0. The van der Waals surface area contributed by atoms with E-state index >= 15 is 0 Å². The molecule has 2 N–H and O–H groups in total. The molecular formula is C15H25NO. The van der Waals surface area contributed by atoms with E-state index in [0.29, 0.717) is 6.54 Å². The maximum absolute atomic E-state index is 10.3. The molecule has 1 aromatic carbocycles. The molecular weight excluding hydrogens is 210 g/mol. The third-order valence-electron chi connectivity index (χ3n) is 3.52. The monoisotopic (exact) mass is 235 g/mol. The van der Waals surface area contributed by atoms with Crippen molar-refractivity contribution < 1.29 is 5.11 Å². The zero-order chi connectivity index (χ0) is 13.0. The molecule has 1 atom stereocenters. The lowest BCUT2D eigenvalue weighted by atomic mass is 9.91. The number of hydrogen-bond donors (Lipinski definition) is 2. The highest BCUT2D eigenvalue weighted by Gasteiger charge is 2.15. The largest absolute Gasteiger partial charge is 0.387 e. The van der Waals surface area contributed by atoms with Crippen LogP contribution in [0.1, 0.15) is 47.3 Å². The Balaban J connectivity index is 2.95. The van der Waals surface area contributed by atoms with E-state index < -0.39 is 6.10 Å². The Hall–Kier alpha value is -0.860. The first kappa shape index (κ1) is 14.2. The predicted octanol–water partition coefficient (Wildman–Crippen LogP) is 2.95. The summed E-state index contributed by atoms with van der Waals surface area (Å²) in [6.45, 7) is 12.1. The van der Waals surface area contributed by atoms with Crippen molar-refractivity contribution in [1.29, 1.82) is 0 Å². The maximum Gasteiger partial charge on any atom is 0.0919 e. The van der Waals surface area contributed by atoms with Gasteiger partial charge in [0.2, 0.25) is 0 Å². The molecule has 0 saturated heterocycles. The van der Waals surface area contributed by atoms with Crippen molar-refractivity contribution >= 4 is 0 Å². The summed E-state index contributed by atoms with van der Waals surface area (Å²) in [6.07, 6.45) is 0.692. The van der Waals surface area contributed by atoms with Crippen LogP contribution in [0.2, 0.25) is 0 Å². The van der Waals surface area contributed by atoms with E-state index in [1.165, 1.54) is 22.3 Å². The van der Waals surface area contributed by atoms with Crippen molar-refractivity contribution in [3.8, 4) is 0 Å². The molecule has 0 aromatic heterocycles. The Morgan fingerprint density at radius 2 is 1.65 bits per heavy atom. The van der Waals surface area contributed by atoms with Gasteiger partial charge in [-0.2, -0.15) is 0 Å². The van der Waals surface area contributed by atoms with Crippen molar-refractivity contribution in [2.45, 2.75) is 47.1 Å². The van der Waals surface area contributed by atoms with Crippen LogP contribution >= 0.6 is 0 Å². The van der Waals surface area contributed by atoms with E-state index in [1.807, 2.05) is 0 Å². The second-order valence-corrected chi connectivity index (χ2v) is 4.89. The molecule has 0 aliphatic rings. The van der Waals surface area contributed by atoms with Crippen LogP contribution in [0.3, 0.4) is 0 Å². The zero-order valence-electron chi connectivity index (χ0n) is 11.7. The summed E-state index contributed by atoms with van der Waals surface area (Å²) in [5.41, 5.74) is 6.07. The molecule has 0 bridgehead atoms. The predicted molar refractivity (Wildman–Crippen MR) is 73.5 cm³/mol. The van der Waals surface area contributed by atoms with Crippen LogP contribution in [-0.2, 0) is 0 Å². The van der Waals surface area contributed by atoms with Crippen molar-refractivity contribution in [2.24, 2.45) is 0 Å². The molecule has 0 saturated carbocycles. The quantitative estimate of drug-likeness (QED) is 0.769. The molecule has 0 amide bonds. The molecule has 1 rings (SSSR count). The van der Waals surface area contributed by atoms with E-state index in [2.05, 4.69) is 46.0 Å². The van der Waals surface area contributed by atoms with Gasteiger partial charge in [-0.15, -0.1) is 0 Å². The van der Waals surface area contributed by atoms with Gasteiger partial charge in [0.05, 0.1) is 6.10 Å². The van der Waals surface area contributed by atoms with Crippen molar-refractivity contribution in [3.05, 3.63) is 33.9 Å². The lowest BCUT2D eigenvalue weighted by Crippen LogP contribution is -2.23. The normalized spacial score (nSPS) is 12.8. The van der Waals surface area contributed by atoms with Crippen LogP contribution in [-0.4, -0.2) is 18.2 Å². The van der Waals surface area contributed by atoms with Crippen LogP contribution in [0, 0.1) is 27.7 Å². The van der Waals surface area contributed by atoms with Gasteiger partial charge in [-0.05, 0) is 68.5 Å². The Labute approximate surface area is 105 Å². The molecule has 0 fully saturated rings. The summed E-state index contributed by atoms with van der Waals surface area (Å²) in [5.74, 6) is 0. The summed E-state index contributed by atoms with van der Waals surface area (Å²) in [6, 6.07) is 2.19. The van der Waals surface area contributed by atoms with E-state index in [0.717, 1.165) is 18.5 Å². The standard InChI is InChI=1S/C15H25NO/c1-6-7-16-9-14(17)15-12(4)10(2)8-11(3)13(15)5/h8,14,16-17H,6-7,9H2,1-5H3. The van der Waals surface area contributed by atoms with Crippen LogP contribution in [0.4, 0.5) is 0 Å². The van der Waals surface area contributed by atoms with E-state index in [4.69, 9.17) is 0 Å². The maximum atomic E-state index is 10.3. The van der Waals surface area contributed by atoms with Gasteiger partial charge in [0.1, 0.15) is 0 Å². The van der Waals surface area contributed by atoms with Crippen LogP contribution < -0.4 is 5.32 Å². The summed E-state index contributed by atoms with van der Waals surface area (Å²) in [5, 5.41) is 13.6. The van der Waals surface area contributed by atoms with Crippen LogP contribution in [0.15, 0.2) is 6.07 Å². The van der Waals surface area contributed by atoms with Crippen molar-refractivity contribution in [3.63, 3.8) is 0 Å². The van der Waals surface area contributed by atoms with E-state index in [-0.39, 0.29) is 0 Å². The van der Waals surface area contributed by atoms with E-state index in [9.17, 15) is 5.11 Å². The Morgan fingerprint density at radius 3 is 2.12 bits per heavy atom. The fourth-order valence-electron chi connectivity index (χ4n) is 2.26. The second-order valence-electron chi connectivity index (χ2n) is 4.89. The minimum absolute atomic E-state index is 0.403. The number of aliphatic hydroxyl groups excluding tert-OH is 1. The van der Waals surface area contributed by atoms with Crippen molar-refractivity contribution in [1.82, 2.24) is 5.32 Å². The van der Waals surface area contributed by atoms with Gasteiger partial charge in [0.25, 0.3) is 0 Å². The molecule has 0 radical (unpaired) electrons. The lowest BCUT2D eigenvalue weighted by molar-refractivity contribution is 0.173. The highest BCUT2D eigenvalue weighted by Crippen LogP contribution is 2.26. The zero-order valence-corrected chi connectivity index (χ0v) is 11.7. The Morgan fingerprint density at radius 1 is 1.12 bits per heavy atom. The molecule has 1 unspecified atom stereocenters. The highest BCUT2D eigenvalue weighted by atomic mass is 16.3. The first-order chi connectivity index (χ1) is 7.99. The number of hydrogen-bond acceptors (Lipinski definition) is 2. The Kier molecular flexibility index (Phi) is 5.16. The molecule has 0 aliphatic carbocycles. The fourth-order valence-corrected chi connectivity index (χ4v) is 2.26. The minimum Gasteiger partial charge on any atom is -0.387 e. The Bertz CT molecular complexity index is 359. The highest BCUT2D eigenvalue weighted by molar-refractivity contribution is 5.45. The van der Waals surface area contributed by atoms with Gasteiger partial charge in [-0.3, -0.25) is 0 Å². The van der Waals surface area contributed by atoms with Gasteiger partial charge in [0, 0.05) is 6.54 Å². The molecule has 2 heteroatoms. The molecule has 0 heterocycles. The average molecular weight is 235 g/mol. The first-order valence-corrected chi connectivity index (χ1v) is 6.45. The van der Waals surface area contributed by atoms with Gasteiger partial charge in [0.15, 0.2) is 0 Å². The van der Waals surface area contributed by atoms with Gasteiger partial charge >= 0.3 is 0 Å². The molecule has 1 aromatic rings. The lowest BCUT2D eigenvalue weighted by Gasteiger charge is -2.20. The minimum atomic E-state index is -0.403. The number of aryl methyl sites for hydroxylation is 2. The molecule has 96 valence electrons. The first-order valence-electron chi connectivity index (χ1n) is 6.45. The van der Waals surface area contributed by atoms with Gasteiger partial charge in [-0.25, -0.2) is 0 Å². The van der Waals surface area contributed by atoms with Gasteiger partial charge in [-0.1, -0.05) is 13.0 Å². The molecule has 0 aliphatic heterocycles. The summed E-state index contributed by atoms with van der Waals surface area (Å²) < 4.78 is 0. The third-order valence-corrected chi connectivity index (χ3v) is 3.52. The summed E-state index contributed by atoms with van der Waals surface area (Å²) >= 11 is 0. The van der Waals surface area contributed by atoms with Gasteiger partial charge < -0.3 is 10.4 Å². The second kappa shape index (κ2) is 6.18. The molecule has 0 spiro atoms.